The third-order valence-corrected chi connectivity index (χ3v) is 5.50. The molecule has 30 heavy (non-hydrogen) atoms. The first-order valence-corrected chi connectivity index (χ1v) is 10.1. The Labute approximate surface area is 176 Å². The zero-order valence-corrected chi connectivity index (χ0v) is 18.2. The average Bonchev–Trinajstić information content (AvgIpc) is 2.72. The van der Waals surface area contributed by atoms with Crippen molar-refractivity contribution in [3.05, 3.63) is 51.9 Å². The number of H-pyrrole nitrogens is 1. The van der Waals surface area contributed by atoms with Gasteiger partial charge in [0, 0.05) is 56.0 Å². The number of carbonyl (C=O) groups excluding carboxylic acids is 2. The van der Waals surface area contributed by atoms with E-state index in [4.69, 9.17) is 4.74 Å². The van der Waals surface area contributed by atoms with Gasteiger partial charge in [-0.2, -0.15) is 0 Å². The van der Waals surface area contributed by atoms with E-state index in [1.807, 2.05) is 6.07 Å². The van der Waals surface area contributed by atoms with Crippen LogP contribution in [0.4, 0.5) is 0 Å². The topological polar surface area (TPSA) is 82.7 Å². The van der Waals surface area contributed by atoms with Crippen molar-refractivity contribution in [3.63, 3.8) is 0 Å². The fraction of sp³-hybridized carbons (Fsp3) is 0.435. The van der Waals surface area contributed by atoms with Gasteiger partial charge in [-0.15, -0.1) is 0 Å². The van der Waals surface area contributed by atoms with E-state index in [9.17, 15) is 14.4 Å². The summed E-state index contributed by atoms with van der Waals surface area (Å²) in [5.74, 6) is 0.453. The number of rotatable bonds is 3. The van der Waals surface area contributed by atoms with Gasteiger partial charge in [0.05, 0.1) is 12.7 Å². The first kappa shape index (κ1) is 21.6. The van der Waals surface area contributed by atoms with Crippen LogP contribution in [0.3, 0.4) is 0 Å². The number of aromatic amines is 1. The van der Waals surface area contributed by atoms with E-state index in [0.717, 1.165) is 5.56 Å². The Morgan fingerprint density at radius 3 is 2.20 bits per heavy atom. The Hall–Kier alpha value is -3.09. The zero-order chi connectivity index (χ0) is 22.1. The van der Waals surface area contributed by atoms with E-state index in [0.29, 0.717) is 48.6 Å². The maximum absolute atomic E-state index is 13.5. The quantitative estimate of drug-likeness (QED) is 0.842. The van der Waals surface area contributed by atoms with E-state index in [-0.39, 0.29) is 22.8 Å². The molecule has 1 N–H and O–H groups in total. The number of nitrogens with zero attached hydrogens (tertiary/aromatic N) is 2. The molecule has 1 aromatic heterocycles. The van der Waals surface area contributed by atoms with Gasteiger partial charge in [0.15, 0.2) is 0 Å². The second kappa shape index (κ2) is 8.34. The molecule has 0 bridgehead atoms. The van der Waals surface area contributed by atoms with Gasteiger partial charge >= 0.3 is 0 Å². The molecule has 1 fully saturated rings. The fourth-order valence-corrected chi connectivity index (χ4v) is 3.76. The summed E-state index contributed by atoms with van der Waals surface area (Å²) in [5.41, 5.74) is 1.88. The van der Waals surface area contributed by atoms with Gasteiger partial charge in [-0.1, -0.05) is 20.8 Å². The SMILES string of the molecule is COc1cc(C(=O)N2CCN(C(C)=O)CC2)c(-c2ccc[nH]c2=O)cc1C(C)(C)C. The summed E-state index contributed by atoms with van der Waals surface area (Å²) < 4.78 is 5.61. The lowest BCUT2D eigenvalue weighted by Crippen LogP contribution is -2.50. The van der Waals surface area contributed by atoms with Gasteiger partial charge < -0.3 is 19.5 Å². The number of piperazine rings is 1. The molecule has 160 valence electrons. The molecule has 0 aliphatic carbocycles. The second-order valence-corrected chi connectivity index (χ2v) is 8.56. The van der Waals surface area contributed by atoms with Gasteiger partial charge in [-0.25, -0.2) is 0 Å². The van der Waals surface area contributed by atoms with Gasteiger partial charge in [0.25, 0.3) is 11.5 Å². The molecule has 2 amide bonds. The van der Waals surface area contributed by atoms with E-state index < -0.39 is 0 Å². The Bertz CT molecular complexity index is 1010. The van der Waals surface area contributed by atoms with Crippen LogP contribution in [0.15, 0.2) is 35.3 Å². The lowest BCUT2D eigenvalue weighted by molar-refractivity contribution is -0.130. The predicted octanol–water partition coefficient (Wildman–Crippen LogP) is 2.65. The number of pyridine rings is 1. The largest absolute Gasteiger partial charge is 0.496 e. The molecule has 2 heterocycles. The number of carbonyl (C=O) groups is 2. The highest BCUT2D eigenvalue weighted by Crippen LogP contribution is 2.37. The molecular formula is C23H29N3O4. The Morgan fingerprint density at radius 1 is 1.03 bits per heavy atom. The van der Waals surface area contributed by atoms with Crippen LogP contribution in [-0.4, -0.2) is 59.9 Å². The summed E-state index contributed by atoms with van der Waals surface area (Å²) in [6.07, 6.45) is 1.57. The molecule has 0 spiro atoms. The molecule has 0 atom stereocenters. The first-order chi connectivity index (χ1) is 14.1. The van der Waals surface area contributed by atoms with Crippen LogP contribution in [0, 0.1) is 0 Å². The fourth-order valence-electron chi connectivity index (χ4n) is 3.76. The number of amides is 2. The number of benzene rings is 1. The molecular weight excluding hydrogens is 382 g/mol. The van der Waals surface area contributed by atoms with Crippen LogP contribution in [0.25, 0.3) is 11.1 Å². The third kappa shape index (κ3) is 4.25. The lowest BCUT2D eigenvalue weighted by atomic mass is 9.83. The first-order valence-electron chi connectivity index (χ1n) is 10.1. The van der Waals surface area contributed by atoms with Crippen LogP contribution in [0.5, 0.6) is 5.75 Å². The van der Waals surface area contributed by atoms with Crippen molar-refractivity contribution in [1.29, 1.82) is 0 Å². The van der Waals surface area contributed by atoms with Gasteiger partial charge in [-0.3, -0.25) is 14.4 Å². The summed E-state index contributed by atoms with van der Waals surface area (Å²) in [7, 11) is 1.58. The number of hydrogen-bond acceptors (Lipinski definition) is 4. The highest BCUT2D eigenvalue weighted by molar-refractivity contribution is 6.01. The van der Waals surface area contributed by atoms with Crippen LogP contribution in [0.2, 0.25) is 0 Å². The monoisotopic (exact) mass is 411 g/mol. The molecule has 0 saturated carbocycles. The number of nitrogens with one attached hydrogen (secondary N) is 1. The molecule has 7 heteroatoms. The van der Waals surface area contributed by atoms with Crippen LogP contribution in [0.1, 0.15) is 43.6 Å². The Morgan fingerprint density at radius 2 is 1.67 bits per heavy atom. The summed E-state index contributed by atoms with van der Waals surface area (Å²) in [5, 5.41) is 0. The maximum atomic E-state index is 13.5. The Balaban J connectivity index is 2.11. The number of methoxy groups -OCH3 is 1. The van der Waals surface area contributed by atoms with Gasteiger partial charge in [0.2, 0.25) is 5.91 Å². The standard InChI is InChI=1S/C23H29N3O4/c1-15(27)25-9-11-26(12-10-25)22(29)18-14-20(30-5)19(23(2,3)4)13-17(18)16-7-6-8-24-21(16)28/h6-8,13-14H,9-12H2,1-5H3,(H,24,28). The smallest absolute Gasteiger partial charge is 0.255 e. The minimum Gasteiger partial charge on any atom is -0.496 e. The highest BCUT2D eigenvalue weighted by Gasteiger charge is 2.29. The van der Waals surface area contributed by atoms with Gasteiger partial charge in [-0.05, 0) is 29.7 Å². The molecule has 1 saturated heterocycles. The molecule has 0 radical (unpaired) electrons. The molecule has 1 aliphatic rings. The van der Waals surface area contributed by atoms with E-state index in [1.165, 1.54) is 6.92 Å². The summed E-state index contributed by atoms with van der Waals surface area (Å²) in [6, 6.07) is 7.10. The minimum absolute atomic E-state index is 0.00908. The predicted molar refractivity (Wildman–Crippen MR) is 116 cm³/mol. The number of ether oxygens (including phenoxy) is 1. The van der Waals surface area contributed by atoms with Crippen molar-refractivity contribution in [1.82, 2.24) is 14.8 Å². The van der Waals surface area contributed by atoms with Crippen LogP contribution >= 0.6 is 0 Å². The van der Waals surface area contributed by atoms with Crippen molar-refractivity contribution in [2.75, 3.05) is 33.3 Å². The van der Waals surface area contributed by atoms with Crippen molar-refractivity contribution in [2.24, 2.45) is 0 Å². The molecule has 0 unspecified atom stereocenters. The number of hydrogen-bond donors (Lipinski definition) is 1. The van der Waals surface area contributed by atoms with Crippen molar-refractivity contribution < 1.29 is 14.3 Å². The molecule has 7 nitrogen and oxygen atoms in total. The second-order valence-electron chi connectivity index (χ2n) is 8.56. The molecule has 1 aliphatic heterocycles. The summed E-state index contributed by atoms with van der Waals surface area (Å²) >= 11 is 0. The van der Waals surface area contributed by atoms with E-state index in [1.54, 1.807) is 41.3 Å². The van der Waals surface area contributed by atoms with Crippen molar-refractivity contribution in [3.8, 4) is 16.9 Å². The normalized spacial score (nSPS) is 14.6. The van der Waals surface area contributed by atoms with Crippen LogP contribution in [-0.2, 0) is 10.2 Å². The number of aromatic nitrogens is 1. The van der Waals surface area contributed by atoms with Crippen molar-refractivity contribution >= 4 is 11.8 Å². The summed E-state index contributed by atoms with van der Waals surface area (Å²) in [6.45, 7) is 9.62. The van der Waals surface area contributed by atoms with Crippen LogP contribution < -0.4 is 10.3 Å². The van der Waals surface area contributed by atoms with E-state index >= 15 is 0 Å². The highest BCUT2D eigenvalue weighted by atomic mass is 16.5. The van der Waals surface area contributed by atoms with Gasteiger partial charge in [0.1, 0.15) is 5.75 Å². The molecule has 2 aromatic rings. The average molecular weight is 412 g/mol. The molecule has 1 aromatic carbocycles. The van der Waals surface area contributed by atoms with E-state index in [2.05, 4.69) is 25.8 Å². The lowest BCUT2D eigenvalue weighted by Gasteiger charge is -2.35. The summed E-state index contributed by atoms with van der Waals surface area (Å²) in [4.78, 5) is 43.8. The Kier molecular flexibility index (Phi) is 6.01. The zero-order valence-electron chi connectivity index (χ0n) is 18.2. The molecule has 3 rings (SSSR count). The third-order valence-electron chi connectivity index (χ3n) is 5.50. The van der Waals surface area contributed by atoms with Crippen molar-refractivity contribution in [2.45, 2.75) is 33.1 Å². The minimum atomic E-state index is -0.252. The maximum Gasteiger partial charge on any atom is 0.255 e.